The normalized spacial score (nSPS) is 22.9. The van der Waals surface area contributed by atoms with Crippen LogP contribution in [0.4, 0.5) is 4.79 Å². The molecule has 0 saturated carbocycles. The van der Waals surface area contributed by atoms with E-state index in [4.69, 9.17) is 39.5 Å². The molecule has 2 unspecified atom stereocenters. The second kappa shape index (κ2) is 7.38. The number of carbonyl (C=O) groups excluding carboxylic acids is 2. The highest BCUT2D eigenvalue weighted by atomic mass is 35.6. The summed E-state index contributed by atoms with van der Waals surface area (Å²) in [6.07, 6.45) is -0.0648. The van der Waals surface area contributed by atoms with E-state index in [1.807, 2.05) is 0 Å². The van der Waals surface area contributed by atoms with E-state index in [2.05, 4.69) is 15.4 Å². The molecule has 0 spiro atoms. The van der Waals surface area contributed by atoms with Gasteiger partial charge < -0.3 is 20.1 Å². The summed E-state index contributed by atoms with van der Waals surface area (Å²) in [5, 5.41) is 5.55. The minimum Gasteiger partial charge on any atom is -0.468 e. The molecular formula is C10H15Cl3N2O4. The van der Waals surface area contributed by atoms with E-state index in [0.717, 1.165) is 0 Å². The first kappa shape index (κ1) is 16.6. The van der Waals surface area contributed by atoms with Crippen LogP contribution in [0.25, 0.3) is 0 Å². The Kier molecular flexibility index (Phi) is 6.46. The fourth-order valence-electron chi connectivity index (χ4n) is 1.71. The molecule has 0 bridgehead atoms. The lowest BCUT2D eigenvalue weighted by Gasteiger charge is -2.13. The summed E-state index contributed by atoms with van der Waals surface area (Å²) in [7, 11) is 1.34. The predicted molar refractivity (Wildman–Crippen MR) is 71.6 cm³/mol. The molecule has 9 heteroatoms. The monoisotopic (exact) mass is 332 g/mol. The lowest BCUT2D eigenvalue weighted by Crippen LogP contribution is -2.32. The first-order chi connectivity index (χ1) is 8.81. The number of methoxy groups -OCH3 is 1. The summed E-state index contributed by atoms with van der Waals surface area (Å²) in [5.74, 6) is -0.175. The molecule has 1 aliphatic heterocycles. The number of hydrogen-bond donors (Lipinski definition) is 2. The van der Waals surface area contributed by atoms with Crippen LogP contribution in [0, 0.1) is 5.92 Å². The number of nitrogens with one attached hydrogen (secondary N) is 2. The van der Waals surface area contributed by atoms with E-state index in [1.54, 1.807) is 0 Å². The molecule has 0 aliphatic carbocycles. The maximum absolute atomic E-state index is 11.3. The zero-order valence-electron chi connectivity index (χ0n) is 10.3. The minimum absolute atomic E-state index is 0.129. The van der Waals surface area contributed by atoms with Crippen molar-refractivity contribution in [2.45, 2.75) is 16.3 Å². The largest absolute Gasteiger partial charge is 0.468 e. The molecule has 1 heterocycles. The molecule has 2 atom stereocenters. The molecule has 0 aromatic rings. The van der Waals surface area contributed by atoms with Gasteiger partial charge in [-0.3, -0.25) is 4.79 Å². The van der Waals surface area contributed by atoms with E-state index in [1.165, 1.54) is 7.11 Å². The van der Waals surface area contributed by atoms with Crippen LogP contribution < -0.4 is 10.6 Å². The molecule has 1 amide bonds. The van der Waals surface area contributed by atoms with Crippen molar-refractivity contribution in [1.29, 1.82) is 0 Å². The molecule has 1 fully saturated rings. The summed E-state index contributed by atoms with van der Waals surface area (Å²) in [6, 6.07) is -0.325. The third kappa shape index (κ3) is 6.51. The number of halogens is 3. The minimum atomic E-state index is -1.62. The van der Waals surface area contributed by atoms with Crippen molar-refractivity contribution in [1.82, 2.24) is 10.6 Å². The average Bonchev–Trinajstić information content (AvgIpc) is 2.80. The van der Waals surface area contributed by atoms with Crippen LogP contribution in [0.2, 0.25) is 0 Å². The topological polar surface area (TPSA) is 76.7 Å². The second-order valence-corrected chi connectivity index (χ2v) is 6.67. The number of alkyl carbamates (subject to hydrolysis) is 1. The Balaban J connectivity index is 2.20. The Morgan fingerprint density at radius 1 is 1.42 bits per heavy atom. The van der Waals surface area contributed by atoms with Gasteiger partial charge in [0.25, 0.3) is 0 Å². The molecule has 1 saturated heterocycles. The Morgan fingerprint density at radius 2 is 2.11 bits per heavy atom. The van der Waals surface area contributed by atoms with Crippen LogP contribution in [0.3, 0.4) is 0 Å². The maximum atomic E-state index is 11.3. The van der Waals surface area contributed by atoms with Gasteiger partial charge in [0.05, 0.1) is 7.11 Å². The molecular weight excluding hydrogens is 318 g/mol. The quantitative estimate of drug-likeness (QED) is 0.598. The van der Waals surface area contributed by atoms with Crippen LogP contribution in [-0.4, -0.2) is 48.7 Å². The third-order valence-electron chi connectivity index (χ3n) is 2.61. The Hall–Kier alpha value is -0.430. The number of hydrogen-bond acceptors (Lipinski definition) is 5. The van der Waals surface area contributed by atoms with Gasteiger partial charge in [-0.25, -0.2) is 4.79 Å². The highest BCUT2D eigenvalue weighted by Gasteiger charge is 2.30. The SMILES string of the molecule is COC(=O)C1CC(CNC(=O)OCC(Cl)(Cl)Cl)CN1. The Bertz CT molecular complexity index is 335. The van der Waals surface area contributed by atoms with Gasteiger partial charge in [-0.15, -0.1) is 0 Å². The van der Waals surface area contributed by atoms with Gasteiger partial charge in [0, 0.05) is 13.1 Å². The Morgan fingerprint density at radius 3 is 2.68 bits per heavy atom. The van der Waals surface area contributed by atoms with E-state index < -0.39 is 9.89 Å². The van der Waals surface area contributed by atoms with Crippen molar-refractivity contribution in [3.8, 4) is 0 Å². The van der Waals surface area contributed by atoms with Gasteiger partial charge in [0.15, 0.2) is 0 Å². The average molecular weight is 334 g/mol. The summed E-state index contributed by atoms with van der Waals surface area (Å²) >= 11 is 16.3. The lowest BCUT2D eigenvalue weighted by molar-refractivity contribution is -0.142. The molecule has 0 aromatic heterocycles. The molecule has 110 valence electrons. The summed E-state index contributed by atoms with van der Waals surface area (Å²) in [6.45, 7) is 0.668. The van der Waals surface area contributed by atoms with E-state index in [0.29, 0.717) is 19.5 Å². The molecule has 6 nitrogen and oxygen atoms in total. The summed E-state index contributed by atoms with van der Waals surface area (Å²) < 4.78 is 7.71. The van der Waals surface area contributed by atoms with Crippen molar-refractivity contribution in [3.05, 3.63) is 0 Å². The number of esters is 1. The maximum Gasteiger partial charge on any atom is 0.407 e. The highest BCUT2D eigenvalue weighted by molar-refractivity contribution is 6.67. The molecule has 0 radical (unpaired) electrons. The van der Waals surface area contributed by atoms with Crippen molar-refractivity contribution >= 4 is 46.9 Å². The van der Waals surface area contributed by atoms with Crippen LogP contribution in [0.5, 0.6) is 0 Å². The van der Waals surface area contributed by atoms with E-state index in [-0.39, 0.29) is 24.5 Å². The molecule has 2 N–H and O–H groups in total. The standard InChI is InChI=1S/C10H15Cl3N2O4/c1-18-8(16)7-2-6(3-14-7)4-15-9(17)19-5-10(11,12)13/h6-7,14H,2-5H2,1H3,(H,15,17). The first-order valence-corrected chi connectivity index (χ1v) is 6.74. The third-order valence-corrected chi connectivity index (χ3v) is 2.94. The Labute approximate surface area is 126 Å². The molecule has 1 rings (SSSR count). The predicted octanol–water partition coefficient (Wildman–Crippen LogP) is 1.23. The summed E-state index contributed by atoms with van der Waals surface area (Å²) in [5.41, 5.74) is 0. The van der Waals surface area contributed by atoms with Crippen LogP contribution in [-0.2, 0) is 14.3 Å². The number of amides is 1. The number of alkyl halides is 3. The van der Waals surface area contributed by atoms with Gasteiger partial charge in [-0.05, 0) is 12.3 Å². The van der Waals surface area contributed by atoms with Crippen LogP contribution >= 0.6 is 34.8 Å². The number of carbonyl (C=O) groups is 2. The molecule has 19 heavy (non-hydrogen) atoms. The van der Waals surface area contributed by atoms with E-state index in [9.17, 15) is 9.59 Å². The van der Waals surface area contributed by atoms with Crippen molar-refractivity contribution in [2.75, 3.05) is 26.8 Å². The van der Waals surface area contributed by atoms with Gasteiger partial charge >= 0.3 is 12.1 Å². The molecule has 0 aromatic carbocycles. The van der Waals surface area contributed by atoms with Crippen molar-refractivity contribution < 1.29 is 19.1 Å². The highest BCUT2D eigenvalue weighted by Crippen LogP contribution is 2.25. The molecule has 1 aliphatic rings. The van der Waals surface area contributed by atoms with Crippen LogP contribution in [0.1, 0.15) is 6.42 Å². The lowest BCUT2D eigenvalue weighted by atomic mass is 10.1. The fourth-order valence-corrected chi connectivity index (χ4v) is 1.88. The van der Waals surface area contributed by atoms with E-state index >= 15 is 0 Å². The van der Waals surface area contributed by atoms with Crippen LogP contribution in [0.15, 0.2) is 0 Å². The van der Waals surface area contributed by atoms with Gasteiger partial charge in [-0.2, -0.15) is 0 Å². The first-order valence-electron chi connectivity index (χ1n) is 5.60. The number of rotatable bonds is 4. The van der Waals surface area contributed by atoms with Gasteiger partial charge in [0.2, 0.25) is 3.79 Å². The number of ether oxygens (including phenoxy) is 2. The van der Waals surface area contributed by atoms with Crippen molar-refractivity contribution in [2.24, 2.45) is 5.92 Å². The van der Waals surface area contributed by atoms with Gasteiger partial charge in [-0.1, -0.05) is 34.8 Å². The second-order valence-electron chi connectivity index (χ2n) is 4.16. The zero-order chi connectivity index (χ0) is 14.5. The van der Waals surface area contributed by atoms with Crippen molar-refractivity contribution in [3.63, 3.8) is 0 Å². The zero-order valence-corrected chi connectivity index (χ0v) is 12.5. The fraction of sp³-hybridized carbons (Fsp3) is 0.800. The summed E-state index contributed by atoms with van der Waals surface area (Å²) in [4.78, 5) is 22.6. The smallest absolute Gasteiger partial charge is 0.407 e. The van der Waals surface area contributed by atoms with Gasteiger partial charge in [0.1, 0.15) is 12.6 Å².